The van der Waals surface area contributed by atoms with Crippen LogP contribution in [0.1, 0.15) is 24.6 Å². The molecule has 4 aromatic rings. The monoisotopic (exact) mass is 434 g/mol. The largest absolute Gasteiger partial charge is 0.387 e. The van der Waals surface area contributed by atoms with E-state index in [0.29, 0.717) is 48.6 Å². The van der Waals surface area contributed by atoms with E-state index in [-0.39, 0.29) is 5.69 Å². The van der Waals surface area contributed by atoms with E-state index in [1.807, 2.05) is 6.07 Å². The van der Waals surface area contributed by atoms with Gasteiger partial charge in [-0.25, -0.2) is 19.0 Å². The molecule has 1 aromatic carbocycles. The molecule has 8 nitrogen and oxygen atoms in total. The third-order valence-electron chi connectivity index (χ3n) is 5.84. The minimum absolute atomic E-state index is 0.271. The molecule has 1 saturated heterocycles. The number of hydrogen-bond donors (Lipinski definition) is 4. The molecule has 0 bridgehead atoms. The summed E-state index contributed by atoms with van der Waals surface area (Å²) in [5.74, 6) is -0.0203. The van der Waals surface area contributed by atoms with Crippen molar-refractivity contribution < 1.29 is 14.6 Å². The van der Waals surface area contributed by atoms with Gasteiger partial charge in [0, 0.05) is 36.1 Å². The van der Waals surface area contributed by atoms with E-state index in [1.165, 1.54) is 6.07 Å². The molecule has 1 unspecified atom stereocenters. The highest BCUT2D eigenvalue weighted by Crippen LogP contribution is 2.33. The summed E-state index contributed by atoms with van der Waals surface area (Å²) in [6.45, 7) is 1.29. The van der Waals surface area contributed by atoms with Gasteiger partial charge in [-0.2, -0.15) is 5.10 Å². The van der Waals surface area contributed by atoms with Crippen molar-refractivity contribution >= 4 is 22.4 Å². The van der Waals surface area contributed by atoms with E-state index in [9.17, 15) is 14.6 Å². The van der Waals surface area contributed by atoms with Gasteiger partial charge in [-0.1, -0.05) is 0 Å². The Balaban J connectivity index is 1.40. The zero-order chi connectivity index (χ0) is 22.1. The molecule has 4 N–H and O–H groups in total. The number of pyridine rings is 2. The van der Waals surface area contributed by atoms with Crippen molar-refractivity contribution in [3.8, 4) is 5.69 Å². The van der Waals surface area contributed by atoms with E-state index in [2.05, 4.69) is 25.7 Å². The molecule has 0 radical (unpaired) electrons. The third kappa shape index (κ3) is 3.93. The topological polar surface area (TPSA) is 108 Å². The summed E-state index contributed by atoms with van der Waals surface area (Å²) >= 11 is 0. The normalized spacial score (nSPS) is 16.7. The van der Waals surface area contributed by atoms with E-state index < -0.39 is 17.5 Å². The van der Waals surface area contributed by atoms with Gasteiger partial charge in [0.05, 0.1) is 28.2 Å². The van der Waals surface area contributed by atoms with E-state index in [0.717, 1.165) is 5.39 Å². The highest BCUT2D eigenvalue weighted by molar-refractivity contribution is 5.81. The van der Waals surface area contributed by atoms with Crippen LogP contribution in [0.25, 0.3) is 16.6 Å². The first kappa shape index (κ1) is 20.5. The second-order valence-corrected chi connectivity index (χ2v) is 7.99. The van der Waals surface area contributed by atoms with E-state index in [1.54, 1.807) is 53.6 Å². The lowest BCUT2D eigenvalue weighted by atomic mass is 9.85. The summed E-state index contributed by atoms with van der Waals surface area (Å²) < 4.78 is 16.2. The second-order valence-electron chi connectivity index (χ2n) is 7.99. The zero-order valence-corrected chi connectivity index (χ0v) is 17.2. The molecule has 0 spiro atoms. The highest BCUT2D eigenvalue weighted by atomic mass is 19.1. The quantitative estimate of drug-likeness (QED) is 0.383. The maximum absolute atomic E-state index is 14.6. The standard InChI is InChI=1S/C23H23FN6O2/c24-17-12-16(30-11-1-8-27-30)3-5-18(17)29-21-13-20-15(14-26-21)2-4-19(28-20)22(31)23(32)6-9-25-10-7-23/h1-5,8,11-14,22,25,31-32H,6-7,9-10H2,(H,26,29). The highest BCUT2D eigenvalue weighted by Gasteiger charge is 2.38. The third-order valence-corrected chi connectivity index (χ3v) is 5.84. The fraction of sp³-hybridized carbons (Fsp3) is 0.261. The van der Waals surface area contributed by atoms with Crippen LogP contribution in [0.4, 0.5) is 15.9 Å². The van der Waals surface area contributed by atoms with Crippen LogP contribution in [-0.2, 0) is 0 Å². The Morgan fingerprint density at radius 2 is 2.00 bits per heavy atom. The fourth-order valence-corrected chi connectivity index (χ4v) is 3.97. The molecule has 3 aromatic heterocycles. The molecule has 4 heterocycles. The molecule has 0 amide bonds. The summed E-state index contributed by atoms with van der Waals surface area (Å²) in [7, 11) is 0. The van der Waals surface area contributed by atoms with Crippen LogP contribution in [-0.4, -0.2) is 48.7 Å². The van der Waals surface area contributed by atoms with Gasteiger partial charge < -0.3 is 20.8 Å². The number of aliphatic hydroxyl groups is 2. The summed E-state index contributed by atoms with van der Waals surface area (Å²) in [5.41, 5.74) is 0.659. The lowest BCUT2D eigenvalue weighted by molar-refractivity contribution is -0.0965. The molecule has 0 aliphatic carbocycles. The van der Waals surface area contributed by atoms with Crippen LogP contribution in [0.15, 0.2) is 61.1 Å². The lowest BCUT2D eigenvalue weighted by Crippen LogP contribution is -2.46. The molecular formula is C23H23FN6O2. The van der Waals surface area contributed by atoms with Gasteiger partial charge in [0.1, 0.15) is 17.7 Å². The average Bonchev–Trinajstić information content (AvgIpc) is 3.35. The van der Waals surface area contributed by atoms with Crippen molar-refractivity contribution in [2.24, 2.45) is 0 Å². The molecule has 9 heteroatoms. The SMILES string of the molecule is OC(c1ccc2cnc(Nc3ccc(-n4cccn4)cc3F)cc2n1)C1(O)CCNCC1. The number of halogens is 1. The van der Waals surface area contributed by atoms with Crippen molar-refractivity contribution in [1.82, 2.24) is 25.1 Å². The number of hydrogen-bond acceptors (Lipinski definition) is 7. The maximum Gasteiger partial charge on any atom is 0.148 e. The van der Waals surface area contributed by atoms with Crippen molar-refractivity contribution in [3.05, 3.63) is 72.6 Å². The van der Waals surface area contributed by atoms with Crippen LogP contribution in [0.5, 0.6) is 0 Å². The van der Waals surface area contributed by atoms with Gasteiger partial charge in [-0.05, 0) is 56.3 Å². The summed E-state index contributed by atoms with van der Waals surface area (Å²) in [4.78, 5) is 8.89. The second kappa shape index (κ2) is 8.27. The predicted molar refractivity (Wildman–Crippen MR) is 118 cm³/mol. The smallest absolute Gasteiger partial charge is 0.148 e. The number of benzene rings is 1. The molecule has 5 rings (SSSR count). The van der Waals surface area contributed by atoms with Gasteiger partial charge >= 0.3 is 0 Å². The number of aromatic nitrogens is 4. The minimum atomic E-state index is -1.21. The van der Waals surface area contributed by atoms with Crippen molar-refractivity contribution in [1.29, 1.82) is 0 Å². The Morgan fingerprint density at radius 1 is 1.16 bits per heavy atom. The Labute approximate surface area is 183 Å². The van der Waals surface area contributed by atoms with Crippen LogP contribution < -0.4 is 10.6 Å². The van der Waals surface area contributed by atoms with Crippen molar-refractivity contribution in [2.75, 3.05) is 18.4 Å². The fourth-order valence-electron chi connectivity index (χ4n) is 3.97. The molecule has 1 aliphatic heterocycles. The average molecular weight is 434 g/mol. The van der Waals surface area contributed by atoms with Crippen molar-refractivity contribution in [3.63, 3.8) is 0 Å². The number of rotatable bonds is 5. The molecule has 1 aliphatic rings. The van der Waals surface area contributed by atoms with E-state index in [4.69, 9.17) is 0 Å². The molecule has 32 heavy (non-hydrogen) atoms. The number of fused-ring (bicyclic) bond motifs is 1. The summed E-state index contributed by atoms with van der Waals surface area (Å²) in [5, 5.41) is 32.7. The number of nitrogens with zero attached hydrogens (tertiary/aromatic N) is 4. The van der Waals surface area contributed by atoms with Crippen molar-refractivity contribution in [2.45, 2.75) is 24.5 Å². The number of nitrogens with one attached hydrogen (secondary N) is 2. The van der Waals surface area contributed by atoms with Gasteiger partial charge in [0.15, 0.2) is 0 Å². The maximum atomic E-state index is 14.6. The zero-order valence-electron chi connectivity index (χ0n) is 17.2. The summed E-state index contributed by atoms with van der Waals surface area (Å²) in [6, 6.07) is 11.7. The lowest BCUT2D eigenvalue weighted by Gasteiger charge is -2.36. The Morgan fingerprint density at radius 3 is 2.75 bits per heavy atom. The van der Waals surface area contributed by atoms with Gasteiger partial charge in [0.2, 0.25) is 0 Å². The number of piperidine rings is 1. The number of aliphatic hydroxyl groups excluding tert-OH is 1. The van der Waals surface area contributed by atoms with Crippen LogP contribution >= 0.6 is 0 Å². The first-order valence-electron chi connectivity index (χ1n) is 10.5. The van der Waals surface area contributed by atoms with Gasteiger partial charge in [0.25, 0.3) is 0 Å². The van der Waals surface area contributed by atoms with Crippen LogP contribution in [0.3, 0.4) is 0 Å². The summed E-state index contributed by atoms with van der Waals surface area (Å²) in [6.07, 6.45) is 4.81. The van der Waals surface area contributed by atoms with Gasteiger partial charge in [-0.3, -0.25) is 0 Å². The van der Waals surface area contributed by atoms with E-state index >= 15 is 0 Å². The molecule has 1 atom stereocenters. The Kier molecular flexibility index (Phi) is 5.30. The van der Waals surface area contributed by atoms with Gasteiger partial charge in [-0.15, -0.1) is 0 Å². The first-order valence-corrected chi connectivity index (χ1v) is 10.5. The molecule has 0 saturated carbocycles. The molecule has 164 valence electrons. The van der Waals surface area contributed by atoms with Crippen LogP contribution in [0, 0.1) is 5.82 Å². The Hall–Kier alpha value is -3.40. The first-order chi connectivity index (χ1) is 15.5. The minimum Gasteiger partial charge on any atom is -0.387 e. The Bertz CT molecular complexity index is 1240. The molecule has 1 fully saturated rings. The molecular weight excluding hydrogens is 411 g/mol. The predicted octanol–water partition coefficient (Wildman–Crippen LogP) is 2.85. The van der Waals surface area contributed by atoms with Crippen LogP contribution in [0.2, 0.25) is 0 Å². The number of anilines is 2.